The number of benzene rings is 1. The highest BCUT2D eigenvalue weighted by Gasteiger charge is 2.25. The molecule has 7 heteroatoms. The molecule has 1 aliphatic rings. The van der Waals surface area contributed by atoms with Gasteiger partial charge >= 0.3 is 0 Å². The summed E-state index contributed by atoms with van der Waals surface area (Å²) in [5.74, 6) is 0.00576. The summed E-state index contributed by atoms with van der Waals surface area (Å²) in [5, 5.41) is 23.3. The molecule has 1 aromatic carbocycles. The second-order valence-corrected chi connectivity index (χ2v) is 7.10. The molecular weight excluding hydrogens is 358 g/mol. The van der Waals surface area contributed by atoms with Crippen LogP contribution in [0.15, 0.2) is 34.9 Å². The molecule has 0 atom stereocenters. The number of phenols is 1. The summed E-state index contributed by atoms with van der Waals surface area (Å²) >= 11 is 0. The molecule has 3 heterocycles. The predicted octanol–water partition coefficient (Wildman–Crippen LogP) is 3.25. The van der Waals surface area contributed by atoms with Gasteiger partial charge in [0.1, 0.15) is 17.1 Å². The van der Waals surface area contributed by atoms with Crippen LogP contribution in [0.3, 0.4) is 0 Å². The van der Waals surface area contributed by atoms with Crippen molar-refractivity contribution in [3.8, 4) is 23.0 Å². The lowest BCUT2D eigenvalue weighted by atomic mass is 10.00. The van der Waals surface area contributed by atoms with Crippen LogP contribution in [0.1, 0.15) is 35.2 Å². The van der Waals surface area contributed by atoms with Crippen LogP contribution in [0.2, 0.25) is 0 Å². The smallest absolute Gasteiger partial charge is 0.255 e. The SMILES string of the molecule is CNC(=O)c1c(-c2ccnc(O)c2)oc2cc(O)cc(CN3CCCCC3)c12. The number of rotatable bonds is 4. The first-order chi connectivity index (χ1) is 13.6. The number of aromatic hydroxyl groups is 2. The van der Waals surface area contributed by atoms with Crippen molar-refractivity contribution in [3.05, 3.63) is 41.6 Å². The number of phenolic OH excluding ortho intramolecular Hbond substituents is 1. The molecule has 28 heavy (non-hydrogen) atoms. The highest BCUT2D eigenvalue weighted by atomic mass is 16.3. The van der Waals surface area contributed by atoms with Crippen molar-refractivity contribution in [1.29, 1.82) is 0 Å². The van der Waals surface area contributed by atoms with Gasteiger partial charge in [0, 0.05) is 42.9 Å². The molecule has 0 radical (unpaired) electrons. The number of carbonyl (C=O) groups is 1. The number of piperidine rings is 1. The zero-order valence-corrected chi connectivity index (χ0v) is 15.7. The van der Waals surface area contributed by atoms with Crippen LogP contribution in [0, 0.1) is 0 Å². The third-order valence-electron chi connectivity index (χ3n) is 5.16. The van der Waals surface area contributed by atoms with E-state index in [1.165, 1.54) is 24.8 Å². The fourth-order valence-electron chi connectivity index (χ4n) is 3.88. The maximum Gasteiger partial charge on any atom is 0.255 e. The number of pyridine rings is 1. The Morgan fingerprint density at radius 3 is 2.71 bits per heavy atom. The number of hydrogen-bond acceptors (Lipinski definition) is 6. The third kappa shape index (κ3) is 3.41. The number of hydrogen-bond donors (Lipinski definition) is 3. The summed E-state index contributed by atoms with van der Waals surface area (Å²) in [5.41, 5.74) is 2.24. The zero-order chi connectivity index (χ0) is 19.7. The van der Waals surface area contributed by atoms with Gasteiger partial charge in [-0.1, -0.05) is 6.42 Å². The first kappa shape index (κ1) is 18.3. The molecule has 0 aliphatic carbocycles. The van der Waals surface area contributed by atoms with E-state index < -0.39 is 0 Å². The average molecular weight is 381 g/mol. The van der Waals surface area contributed by atoms with Gasteiger partial charge in [0.05, 0.1) is 5.56 Å². The molecule has 0 unspecified atom stereocenters. The van der Waals surface area contributed by atoms with Crippen molar-refractivity contribution >= 4 is 16.9 Å². The van der Waals surface area contributed by atoms with Crippen molar-refractivity contribution in [1.82, 2.24) is 15.2 Å². The van der Waals surface area contributed by atoms with Gasteiger partial charge < -0.3 is 19.9 Å². The van der Waals surface area contributed by atoms with Gasteiger partial charge in [0.15, 0.2) is 0 Å². The Hall–Kier alpha value is -3.06. The van der Waals surface area contributed by atoms with Crippen LogP contribution < -0.4 is 5.32 Å². The van der Waals surface area contributed by atoms with Gasteiger partial charge in [0.2, 0.25) is 5.88 Å². The molecule has 2 aromatic heterocycles. The quantitative estimate of drug-likeness (QED) is 0.642. The van der Waals surface area contributed by atoms with Crippen LogP contribution in [0.5, 0.6) is 11.6 Å². The minimum atomic E-state index is -0.282. The Morgan fingerprint density at radius 2 is 2.00 bits per heavy atom. The van der Waals surface area contributed by atoms with Gasteiger partial charge in [-0.25, -0.2) is 4.98 Å². The van der Waals surface area contributed by atoms with Crippen LogP contribution in [-0.2, 0) is 6.54 Å². The van der Waals surface area contributed by atoms with E-state index >= 15 is 0 Å². The molecule has 1 amide bonds. The summed E-state index contributed by atoms with van der Waals surface area (Å²) in [7, 11) is 1.57. The maximum absolute atomic E-state index is 12.8. The minimum Gasteiger partial charge on any atom is -0.508 e. The van der Waals surface area contributed by atoms with Gasteiger partial charge in [-0.15, -0.1) is 0 Å². The Kier molecular flexibility index (Phi) is 4.92. The van der Waals surface area contributed by atoms with Gasteiger partial charge in [0.25, 0.3) is 5.91 Å². The van der Waals surface area contributed by atoms with Gasteiger partial charge in [-0.2, -0.15) is 0 Å². The van der Waals surface area contributed by atoms with E-state index in [2.05, 4.69) is 15.2 Å². The average Bonchev–Trinajstić information content (AvgIpc) is 3.07. The van der Waals surface area contributed by atoms with Crippen molar-refractivity contribution in [2.75, 3.05) is 20.1 Å². The van der Waals surface area contributed by atoms with E-state index in [4.69, 9.17) is 4.42 Å². The molecule has 7 nitrogen and oxygen atoms in total. The van der Waals surface area contributed by atoms with E-state index in [-0.39, 0.29) is 17.5 Å². The topological polar surface area (TPSA) is 98.8 Å². The molecule has 0 spiro atoms. The number of carbonyl (C=O) groups excluding carboxylic acids is 1. The molecule has 0 saturated carbocycles. The first-order valence-electron chi connectivity index (χ1n) is 9.45. The Balaban J connectivity index is 1.91. The third-order valence-corrected chi connectivity index (χ3v) is 5.16. The highest BCUT2D eigenvalue weighted by Crippen LogP contribution is 2.38. The first-order valence-corrected chi connectivity index (χ1v) is 9.45. The normalized spacial score (nSPS) is 15.0. The van der Waals surface area contributed by atoms with Crippen molar-refractivity contribution in [2.24, 2.45) is 0 Å². The number of nitrogens with one attached hydrogen (secondary N) is 1. The summed E-state index contributed by atoms with van der Waals surface area (Å²) in [6.45, 7) is 2.63. The van der Waals surface area contributed by atoms with Crippen LogP contribution >= 0.6 is 0 Å². The lowest BCUT2D eigenvalue weighted by molar-refractivity contribution is 0.0964. The van der Waals surface area contributed by atoms with Crippen molar-refractivity contribution < 1.29 is 19.4 Å². The molecule has 1 saturated heterocycles. The second-order valence-electron chi connectivity index (χ2n) is 7.10. The minimum absolute atomic E-state index is 0.0980. The fraction of sp³-hybridized carbons (Fsp3) is 0.333. The number of nitrogens with zero attached hydrogens (tertiary/aromatic N) is 2. The summed E-state index contributed by atoms with van der Waals surface area (Å²) < 4.78 is 6.00. The number of furan rings is 1. The van der Waals surface area contributed by atoms with E-state index in [0.717, 1.165) is 31.5 Å². The van der Waals surface area contributed by atoms with E-state index in [1.807, 2.05) is 0 Å². The van der Waals surface area contributed by atoms with Gasteiger partial charge in [-0.3, -0.25) is 9.69 Å². The fourth-order valence-corrected chi connectivity index (χ4v) is 3.88. The van der Waals surface area contributed by atoms with Crippen LogP contribution in [0.25, 0.3) is 22.3 Å². The largest absolute Gasteiger partial charge is 0.508 e. The number of amides is 1. The molecular formula is C21H23N3O4. The summed E-state index contributed by atoms with van der Waals surface area (Å²) in [6, 6.07) is 6.35. The molecule has 1 fully saturated rings. The number of fused-ring (bicyclic) bond motifs is 1. The molecule has 1 aliphatic heterocycles. The molecule has 3 aromatic rings. The molecule has 3 N–H and O–H groups in total. The van der Waals surface area contributed by atoms with Crippen LogP contribution in [0.4, 0.5) is 0 Å². The van der Waals surface area contributed by atoms with Gasteiger partial charge in [-0.05, 0) is 43.6 Å². The summed E-state index contributed by atoms with van der Waals surface area (Å²) in [4.78, 5) is 18.9. The number of aromatic nitrogens is 1. The number of likely N-dealkylation sites (tertiary alicyclic amines) is 1. The maximum atomic E-state index is 12.8. The summed E-state index contributed by atoms with van der Waals surface area (Å²) in [6.07, 6.45) is 4.99. The molecule has 0 bridgehead atoms. The Bertz CT molecular complexity index is 1020. The predicted molar refractivity (Wildman–Crippen MR) is 105 cm³/mol. The molecule has 146 valence electrons. The standard InChI is InChI=1S/C21H23N3O4/c1-22-21(27)19-18-14(12-24-7-3-2-4-8-24)9-15(25)11-16(18)28-20(19)13-5-6-23-17(26)10-13/h5-6,9-11,25H,2-4,7-8,12H2,1H3,(H,22,27)(H,23,26). The van der Waals surface area contributed by atoms with E-state index in [9.17, 15) is 15.0 Å². The lowest BCUT2D eigenvalue weighted by Crippen LogP contribution is -2.29. The molecule has 4 rings (SSSR count). The van der Waals surface area contributed by atoms with E-state index in [1.54, 1.807) is 19.2 Å². The monoisotopic (exact) mass is 381 g/mol. The van der Waals surface area contributed by atoms with E-state index in [0.29, 0.717) is 34.4 Å². The van der Waals surface area contributed by atoms with Crippen LogP contribution in [-0.4, -0.2) is 46.1 Å². The second kappa shape index (κ2) is 7.52. The highest BCUT2D eigenvalue weighted by molar-refractivity contribution is 6.12. The zero-order valence-electron chi connectivity index (χ0n) is 15.7. The Morgan fingerprint density at radius 1 is 1.21 bits per heavy atom. The lowest BCUT2D eigenvalue weighted by Gasteiger charge is -2.26. The Labute approximate surface area is 162 Å². The van der Waals surface area contributed by atoms with Crippen molar-refractivity contribution in [2.45, 2.75) is 25.8 Å². The van der Waals surface area contributed by atoms with Crippen molar-refractivity contribution in [3.63, 3.8) is 0 Å².